The summed E-state index contributed by atoms with van der Waals surface area (Å²) in [6, 6.07) is 17.9. The number of hydrogen-bond donors (Lipinski definition) is 2. The van der Waals surface area contributed by atoms with Gasteiger partial charge in [0.25, 0.3) is 17.1 Å². The van der Waals surface area contributed by atoms with Gasteiger partial charge in [0.2, 0.25) is 0 Å². The number of nitrogens with zero attached hydrogens (tertiary/aromatic N) is 7. The standard InChI is InChI=1S/C18H14BrN3O2S2.C18H15N3O3S2.C2H4O2.HNO2.Na/c1-10-7-15(23)22(18(24)21(10)2)12-3-4-14-13(8-12)16(20-26-14)17-11(9-19)5-6-25-17;1-10-7-15(23)21(18(24)20(10)2)12-3-4-14-13(8-12)16(19-26-14)17-11(9-22)5-6-25-17;1-2(3)4;2-1-3;/h3-8H,9H2,1-2H3;3-8,22H,9H2,1-2H3;1H3,(H,3,4);(H,2,3);/q;;;;+1/p-1. The quantitative estimate of drug-likeness (QED) is 0.105. The number of aryl methyl sites for hydroxylation is 2. The van der Waals surface area contributed by atoms with E-state index in [1.807, 2.05) is 41.1 Å². The molecule has 16 nitrogen and oxygen atoms in total. The van der Waals surface area contributed by atoms with Crippen LogP contribution in [0.1, 0.15) is 29.4 Å². The molecule has 0 fully saturated rings. The molecule has 0 aliphatic rings. The summed E-state index contributed by atoms with van der Waals surface area (Å²) in [7, 11) is 3.31. The van der Waals surface area contributed by atoms with E-state index in [1.165, 1.54) is 65.8 Å². The zero-order chi connectivity index (χ0) is 43.1. The van der Waals surface area contributed by atoms with E-state index >= 15 is 0 Å². The van der Waals surface area contributed by atoms with Crippen LogP contribution in [0.4, 0.5) is 0 Å². The Morgan fingerprint density at radius 3 is 1.52 bits per heavy atom. The average molecular weight is 963 g/mol. The van der Waals surface area contributed by atoms with E-state index in [1.54, 1.807) is 51.4 Å². The summed E-state index contributed by atoms with van der Waals surface area (Å²) in [5.74, 6) is -0.833. The third kappa shape index (κ3) is 10.2. The second-order valence-electron chi connectivity index (χ2n) is 12.5. The molecule has 0 bridgehead atoms. The van der Waals surface area contributed by atoms with Crippen molar-refractivity contribution >= 4 is 87.8 Å². The van der Waals surface area contributed by atoms with Crippen molar-refractivity contribution in [2.45, 2.75) is 32.7 Å². The predicted octanol–water partition coefficient (Wildman–Crippen LogP) is 4.10. The molecule has 0 aliphatic heterocycles. The van der Waals surface area contributed by atoms with Crippen molar-refractivity contribution in [1.82, 2.24) is 27.0 Å². The minimum Gasteiger partial charge on any atom is -0.481 e. The zero-order valence-electron chi connectivity index (χ0n) is 32.7. The topological polar surface area (TPSA) is 224 Å². The Balaban J connectivity index is 0.000000226. The Morgan fingerprint density at radius 2 is 1.13 bits per heavy atom. The number of carboxylic acid groups (broad SMARTS) is 1. The second kappa shape index (κ2) is 21.2. The Hall–Kier alpha value is -4.71. The summed E-state index contributed by atoms with van der Waals surface area (Å²) < 4.78 is 16.4. The number of fused-ring (bicyclic) bond motifs is 2. The fraction of sp³-hybridized carbons (Fsp3) is 0.184. The first-order valence-electron chi connectivity index (χ1n) is 17.0. The van der Waals surface area contributed by atoms with E-state index in [4.69, 9.17) is 20.0 Å². The number of carbonyl (C=O) groups is 1. The molecule has 0 radical (unpaired) electrons. The van der Waals surface area contributed by atoms with Gasteiger partial charge in [0.15, 0.2) is 0 Å². The number of aromatic nitrogens is 6. The third-order valence-corrected chi connectivity index (χ3v) is 13.0. The van der Waals surface area contributed by atoms with Gasteiger partial charge in [-0.25, -0.2) is 18.7 Å². The van der Waals surface area contributed by atoms with Gasteiger partial charge in [-0.3, -0.25) is 14.4 Å². The number of halogens is 1. The molecule has 8 rings (SSSR count). The zero-order valence-corrected chi connectivity index (χ0v) is 39.6. The number of thiophene rings is 2. The summed E-state index contributed by atoms with van der Waals surface area (Å²) in [5, 5.41) is 32.5. The molecule has 60 heavy (non-hydrogen) atoms. The monoisotopic (exact) mass is 961 g/mol. The summed E-state index contributed by atoms with van der Waals surface area (Å²) >= 11 is 9.44. The number of hydrogen-bond acceptors (Lipinski definition) is 15. The van der Waals surface area contributed by atoms with Gasteiger partial charge < -0.3 is 29.5 Å². The predicted molar refractivity (Wildman–Crippen MR) is 238 cm³/mol. The maximum atomic E-state index is 12.6. The van der Waals surface area contributed by atoms with Gasteiger partial charge >= 0.3 is 40.9 Å². The minimum absolute atomic E-state index is 0. The smallest absolute Gasteiger partial charge is 0.481 e. The first-order valence-corrected chi connectivity index (χ1v) is 21.4. The molecular formula is C38H33BrN7NaO9S4. The van der Waals surface area contributed by atoms with Gasteiger partial charge in [-0.05, 0) is 107 Å². The van der Waals surface area contributed by atoms with Crippen molar-refractivity contribution in [2.75, 3.05) is 0 Å². The van der Waals surface area contributed by atoms with Crippen LogP contribution in [-0.4, -0.2) is 43.2 Å². The Bertz CT molecular complexity index is 2870. The molecule has 0 aliphatic carbocycles. The third-order valence-electron chi connectivity index (χ3n) is 8.78. The molecule has 0 saturated carbocycles. The number of aliphatic carboxylic acids is 1. The normalized spacial score (nSPS) is 10.4. The van der Waals surface area contributed by atoms with E-state index in [9.17, 15) is 24.3 Å². The van der Waals surface area contributed by atoms with Gasteiger partial charge in [-0.1, -0.05) is 15.9 Å². The maximum absolute atomic E-state index is 12.6. The summed E-state index contributed by atoms with van der Waals surface area (Å²) in [4.78, 5) is 69.0. The molecule has 6 heterocycles. The molecule has 0 amide bonds. The number of rotatable bonds is 6. The molecule has 0 unspecified atom stereocenters. The van der Waals surface area contributed by atoms with E-state index < -0.39 is 5.97 Å². The van der Waals surface area contributed by atoms with Crippen LogP contribution in [0.5, 0.6) is 0 Å². The van der Waals surface area contributed by atoms with Gasteiger partial charge in [-0.2, -0.15) is 8.75 Å². The van der Waals surface area contributed by atoms with Crippen LogP contribution in [0.25, 0.3) is 52.7 Å². The minimum atomic E-state index is -0.833. The van der Waals surface area contributed by atoms with Crippen LogP contribution < -0.4 is 52.1 Å². The molecule has 6 aromatic heterocycles. The summed E-state index contributed by atoms with van der Waals surface area (Å²) in [5.41, 5.74) is 4.55. The van der Waals surface area contributed by atoms with Crippen molar-refractivity contribution in [1.29, 1.82) is 0 Å². The number of aliphatic hydroxyl groups is 1. The molecule has 0 atom stereocenters. The van der Waals surface area contributed by atoms with Crippen LogP contribution in [0, 0.1) is 24.0 Å². The van der Waals surface area contributed by atoms with Crippen molar-refractivity contribution in [2.24, 2.45) is 19.4 Å². The molecule has 0 spiro atoms. The number of alkyl halides is 1. The van der Waals surface area contributed by atoms with Crippen molar-refractivity contribution in [3.05, 3.63) is 146 Å². The fourth-order valence-corrected chi connectivity index (χ4v) is 9.86. The maximum Gasteiger partial charge on any atom is 1.00 e. The van der Waals surface area contributed by atoms with Crippen LogP contribution in [0.15, 0.2) is 95.9 Å². The molecule has 8 aromatic rings. The number of carboxylic acids is 1. The molecular weight excluding hydrogens is 930 g/mol. The van der Waals surface area contributed by atoms with Crippen molar-refractivity contribution in [3.8, 4) is 32.5 Å². The van der Waals surface area contributed by atoms with Crippen molar-refractivity contribution in [3.63, 3.8) is 0 Å². The molecule has 0 saturated heterocycles. The van der Waals surface area contributed by atoms with E-state index in [-0.39, 0.29) is 58.7 Å². The van der Waals surface area contributed by atoms with Crippen LogP contribution in [0.3, 0.4) is 0 Å². The van der Waals surface area contributed by atoms with Crippen LogP contribution in [-0.2, 0) is 30.8 Å². The fourth-order valence-electron chi connectivity index (χ4n) is 5.72. The number of aliphatic hydroxyl groups excluding tert-OH is 1. The van der Waals surface area contributed by atoms with Crippen LogP contribution in [0.2, 0.25) is 0 Å². The van der Waals surface area contributed by atoms with Crippen LogP contribution >= 0.6 is 61.7 Å². The summed E-state index contributed by atoms with van der Waals surface area (Å²) in [6.07, 6.45) is 0. The van der Waals surface area contributed by atoms with Gasteiger partial charge in [0, 0.05) is 60.6 Å². The Labute approximate surface area is 386 Å². The Kier molecular flexibility index (Phi) is 16.9. The molecule has 2 aromatic carbocycles. The summed E-state index contributed by atoms with van der Waals surface area (Å²) in [6.45, 7) is 4.50. The largest absolute Gasteiger partial charge is 1.00 e. The first kappa shape index (κ1) is 48.0. The second-order valence-corrected chi connectivity index (χ2v) is 16.5. The average Bonchev–Trinajstić information content (AvgIpc) is 4.02. The first-order chi connectivity index (χ1) is 28.2. The van der Waals surface area contributed by atoms with E-state index in [2.05, 4.69) is 30.7 Å². The van der Waals surface area contributed by atoms with Gasteiger partial charge in [0.05, 0.1) is 37.1 Å². The SMILES string of the molecule is CC(=O)O.Cc1cc(=O)n(-c2ccc3snc(-c4sccc4CBr)c3c2)c(=O)n1C.Cc1cc(=O)n(-c2ccc3snc(-c4sccc4CO)c3c2)c(=O)n1C.O=N[O-].[Na+]. The van der Waals surface area contributed by atoms with Crippen molar-refractivity contribution < 1.29 is 44.6 Å². The molecule has 306 valence electrons. The van der Waals surface area contributed by atoms with E-state index in [0.717, 1.165) is 69.0 Å². The molecule has 22 heteroatoms. The molecule has 2 N–H and O–H groups in total. The number of benzene rings is 2. The Morgan fingerprint density at radius 1 is 0.750 bits per heavy atom. The van der Waals surface area contributed by atoms with Gasteiger partial charge in [0.1, 0.15) is 11.4 Å². The van der Waals surface area contributed by atoms with E-state index in [0.29, 0.717) is 22.8 Å². The van der Waals surface area contributed by atoms with Gasteiger partial charge in [-0.15, -0.1) is 28.0 Å².